The number of carbonyl (C=O) groups excluding carboxylic acids is 1. The van der Waals surface area contributed by atoms with Crippen LogP contribution in [-0.4, -0.2) is 36.1 Å². The highest BCUT2D eigenvalue weighted by atomic mass is 79.9. The summed E-state index contributed by atoms with van der Waals surface area (Å²) in [5.74, 6) is 0.0226. The molecule has 0 aliphatic carbocycles. The fourth-order valence-electron chi connectivity index (χ4n) is 2.16. The maximum atomic E-state index is 12.4. The molecule has 1 aromatic carbocycles. The largest absolute Gasteiger partial charge is 0.372 e. The molecule has 1 aliphatic heterocycles. The predicted octanol–water partition coefficient (Wildman–Crippen LogP) is 3.35. The van der Waals surface area contributed by atoms with Crippen molar-refractivity contribution in [1.82, 2.24) is 4.90 Å². The summed E-state index contributed by atoms with van der Waals surface area (Å²) in [5.41, 5.74) is 0.646. The van der Waals surface area contributed by atoms with E-state index < -0.39 is 0 Å². The molecule has 0 spiro atoms. The SMILES string of the molecule is C[C@@H]1CN(C(=O)c2ccc(Cl)c(Br)c2)C[C@H](C)O1. The van der Waals surface area contributed by atoms with Crippen molar-refractivity contribution < 1.29 is 9.53 Å². The second-order valence-corrected chi connectivity index (χ2v) is 5.86. The molecule has 18 heavy (non-hydrogen) atoms. The fraction of sp³-hybridized carbons (Fsp3) is 0.462. The van der Waals surface area contributed by atoms with Gasteiger partial charge < -0.3 is 9.64 Å². The van der Waals surface area contributed by atoms with Gasteiger partial charge in [-0.3, -0.25) is 4.79 Å². The topological polar surface area (TPSA) is 29.5 Å². The zero-order valence-electron chi connectivity index (χ0n) is 10.3. The Morgan fingerprint density at radius 2 is 2.00 bits per heavy atom. The first kappa shape index (κ1) is 13.8. The minimum absolute atomic E-state index is 0.0226. The van der Waals surface area contributed by atoms with Crippen molar-refractivity contribution >= 4 is 33.4 Å². The van der Waals surface area contributed by atoms with Crippen LogP contribution in [0.3, 0.4) is 0 Å². The summed E-state index contributed by atoms with van der Waals surface area (Å²) in [5, 5.41) is 0.607. The highest BCUT2D eigenvalue weighted by molar-refractivity contribution is 9.10. The zero-order chi connectivity index (χ0) is 13.3. The molecule has 0 N–H and O–H groups in total. The van der Waals surface area contributed by atoms with Crippen molar-refractivity contribution in [1.29, 1.82) is 0 Å². The van der Waals surface area contributed by atoms with Gasteiger partial charge in [-0.2, -0.15) is 0 Å². The van der Waals surface area contributed by atoms with E-state index in [-0.39, 0.29) is 18.1 Å². The van der Waals surface area contributed by atoms with Crippen LogP contribution in [0, 0.1) is 0 Å². The first-order valence-electron chi connectivity index (χ1n) is 5.87. The molecule has 1 aromatic rings. The molecule has 0 saturated carbocycles. The monoisotopic (exact) mass is 331 g/mol. The minimum Gasteiger partial charge on any atom is -0.372 e. The molecule has 2 rings (SSSR count). The standard InChI is InChI=1S/C13H15BrClNO2/c1-8-6-16(7-9(2)18-8)13(17)10-3-4-12(15)11(14)5-10/h3-5,8-9H,6-7H2,1-2H3/t8-,9+. The summed E-state index contributed by atoms with van der Waals surface area (Å²) in [6, 6.07) is 5.24. The molecule has 3 nitrogen and oxygen atoms in total. The smallest absolute Gasteiger partial charge is 0.254 e. The van der Waals surface area contributed by atoms with Crippen molar-refractivity contribution in [2.24, 2.45) is 0 Å². The van der Waals surface area contributed by atoms with Crippen molar-refractivity contribution in [3.63, 3.8) is 0 Å². The number of amides is 1. The van der Waals surface area contributed by atoms with E-state index in [2.05, 4.69) is 15.9 Å². The third-order valence-electron chi connectivity index (χ3n) is 2.87. The van der Waals surface area contributed by atoms with Crippen LogP contribution in [0.5, 0.6) is 0 Å². The zero-order valence-corrected chi connectivity index (χ0v) is 12.7. The first-order valence-corrected chi connectivity index (χ1v) is 7.04. The van der Waals surface area contributed by atoms with Crippen LogP contribution in [0.15, 0.2) is 22.7 Å². The molecule has 98 valence electrons. The van der Waals surface area contributed by atoms with Crippen LogP contribution in [0.1, 0.15) is 24.2 Å². The summed E-state index contributed by atoms with van der Waals surface area (Å²) in [6.45, 7) is 5.22. The van der Waals surface area contributed by atoms with E-state index in [1.807, 2.05) is 18.7 Å². The number of benzene rings is 1. The summed E-state index contributed by atoms with van der Waals surface area (Å²) >= 11 is 9.26. The molecule has 0 aromatic heterocycles. The number of rotatable bonds is 1. The Hall–Kier alpha value is -0.580. The van der Waals surface area contributed by atoms with Crippen molar-refractivity contribution in [2.75, 3.05) is 13.1 Å². The fourth-order valence-corrected chi connectivity index (χ4v) is 2.65. The molecule has 0 radical (unpaired) electrons. The van der Waals surface area contributed by atoms with Gasteiger partial charge in [0.1, 0.15) is 0 Å². The van der Waals surface area contributed by atoms with Gasteiger partial charge in [0.15, 0.2) is 0 Å². The van der Waals surface area contributed by atoms with E-state index in [9.17, 15) is 4.79 Å². The molecular formula is C13H15BrClNO2. The second kappa shape index (κ2) is 5.59. The lowest BCUT2D eigenvalue weighted by Gasteiger charge is -2.35. The van der Waals surface area contributed by atoms with Gasteiger partial charge in [-0.15, -0.1) is 0 Å². The quantitative estimate of drug-likeness (QED) is 0.789. The number of halogens is 2. The predicted molar refractivity (Wildman–Crippen MR) is 75.1 cm³/mol. The van der Waals surface area contributed by atoms with Crippen molar-refractivity contribution in [2.45, 2.75) is 26.1 Å². The van der Waals surface area contributed by atoms with Gasteiger partial charge in [0.05, 0.1) is 17.2 Å². The van der Waals surface area contributed by atoms with Crippen LogP contribution in [0.2, 0.25) is 5.02 Å². The molecule has 0 bridgehead atoms. The van der Waals surface area contributed by atoms with Gasteiger partial charge in [0.2, 0.25) is 0 Å². The number of hydrogen-bond donors (Lipinski definition) is 0. The van der Waals surface area contributed by atoms with Crippen LogP contribution in [-0.2, 0) is 4.74 Å². The Labute approximate surface area is 120 Å². The number of morpholine rings is 1. The minimum atomic E-state index is 0.0226. The molecular weight excluding hydrogens is 318 g/mol. The third kappa shape index (κ3) is 3.05. The Balaban J connectivity index is 2.17. The first-order chi connectivity index (χ1) is 8.47. The lowest BCUT2D eigenvalue weighted by molar-refractivity contribution is -0.0586. The van der Waals surface area contributed by atoms with E-state index in [4.69, 9.17) is 16.3 Å². The van der Waals surface area contributed by atoms with Crippen molar-refractivity contribution in [3.05, 3.63) is 33.3 Å². The number of nitrogens with zero attached hydrogens (tertiary/aromatic N) is 1. The van der Waals surface area contributed by atoms with Gasteiger partial charge in [0, 0.05) is 23.1 Å². The lowest BCUT2D eigenvalue weighted by atomic mass is 10.1. The maximum absolute atomic E-state index is 12.4. The van der Waals surface area contributed by atoms with Gasteiger partial charge in [-0.25, -0.2) is 0 Å². The van der Waals surface area contributed by atoms with E-state index in [0.29, 0.717) is 23.7 Å². The molecule has 1 amide bonds. The average molecular weight is 333 g/mol. The normalized spacial score (nSPS) is 24.1. The second-order valence-electron chi connectivity index (χ2n) is 4.60. The van der Waals surface area contributed by atoms with Crippen molar-refractivity contribution in [3.8, 4) is 0 Å². The molecule has 5 heteroatoms. The summed E-state index contributed by atoms with van der Waals surface area (Å²) < 4.78 is 6.36. The Morgan fingerprint density at radius 3 is 2.56 bits per heavy atom. The van der Waals surface area contributed by atoms with E-state index in [1.165, 1.54) is 0 Å². The molecule has 1 saturated heterocycles. The number of hydrogen-bond acceptors (Lipinski definition) is 2. The van der Waals surface area contributed by atoms with Gasteiger partial charge in [-0.05, 0) is 48.0 Å². The summed E-state index contributed by atoms with van der Waals surface area (Å²) in [6.07, 6.45) is 0.155. The van der Waals surface area contributed by atoms with Gasteiger partial charge in [-0.1, -0.05) is 11.6 Å². The van der Waals surface area contributed by atoms with Crippen LogP contribution in [0.25, 0.3) is 0 Å². The van der Waals surface area contributed by atoms with Gasteiger partial charge >= 0.3 is 0 Å². The number of carbonyl (C=O) groups is 1. The van der Waals surface area contributed by atoms with Crippen LogP contribution >= 0.6 is 27.5 Å². The average Bonchev–Trinajstić information content (AvgIpc) is 2.30. The molecule has 1 fully saturated rings. The Kier molecular flexibility index (Phi) is 4.30. The molecule has 1 heterocycles. The third-order valence-corrected chi connectivity index (χ3v) is 4.09. The van der Waals surface area contributed by atoms with Gasteiger partial charge in [0.25, 0.3) is 5.91 Å². The van der Waals surface area contributed by atoms with E-state index >= 15 is 0 Å². The molecule has 1 aliphatic rings. The molecule has 2 atom stereocenters. The lowest BCUT2D eigenvalue weighted by Crippen LogP contribution is -2.48. The van der Waals surface area contributed by atoms with E-state index in [0.717, 1.165) is 4.47 Å². The van der Waals surface area contributed by atoms with Crippen LogP contribution in [0.4, 0.5) is 0 Å². The van der Waals surface area contributed by atoms with Crippen LogP contribution < -0.4 is 0 Å². The number of ether oxygens (including phenoxy) is 1. The molecule has 0 unspecified atom stereocenters. The Morgan fingerprint density at radius 1 is 1.39 bits per heavy atom. The highest BCUT2D eigenvalue weighted by Crippen LogP contribution is 2.24. The Bertz CT molecular complexity index is 456. The van der Waals surface area contributed by atoms with E-state index in [1.54, 1.807) is 18.2 Å². The summed E-state index contributed by atoms with van der Waals surface area (Å²) in [7, 11) is 0. The highest BCUT2D eigenvalue weighted by Gasteiger charge is 2.26. The summed E-state index contributed by atoms with van der Waals surface area (Å²) in [4.78, 5) is 14.2. The maximum Gasteiger partial charge on any atom is 0.254 e.